The van der Waals surface area contributed by atoms with Crippen LogP contribution in [0.5, 0.6) is 5.75 Å². The summed E-state index contributed by atoms with van der Waals surface area (Å²) in [6, 6.07) is 4.66. The number of aryl methyl sites for hydroxylation is 1. The Bertz CT molecular complexity index is 698. The van der Waals surface area contributed by atoms with E-state index in [2.05, 4.69) is 38.6 Å². The van der Waals surface area contributed by atoms with Crippen molar-refractivity contribution in [2.24, 2.45) is 17.3 Å². The Balaban J connectivity index is 1.73. The van der Waals surface area contributed by atoms with Gasteiger partial charge < -0.3 is 4.74 Å². The fraction of sp³-hybridized carbons (Fsp3) is 0.565. The van der Waals surface area contributed by atoms with Crippen LogP contribution in [0.25, 0.3) is 6.08 Å². The average Bonchev–Trinajstić information content (AvgIpc) is 2.96. The van der Waals surface area contributed by atoms with Crippen molar-refractivity contribution in [3.8, 4) is 5.75 Å². The molecule has 0 heterocycles. The number of ether oxygens (including phenoxy) is 1. The number of hydrogen-bond acceptors (Lipinski definition) is 1. The van der Waals surface area contributed by atoms with Crippen LogP contribution in [0, 0.1) is 17.3 Å². The van der Waals surface area contributed by atoms with Crippen molar-refractivity contribution >= 4 is 6.08 Å². The van der Waals surface area contributed by atoms with Crippen LogP contribution in [-0.2, 0) is 6.42 Å². The monoisotopic (exact) mass is 322 g/mol. The lowest BCUT2D eigenvalue weighted by atomic mass is 9.55. The Morgan fingerprint density at radius 1 is 1.21 bits per heavy atom. The van der Waals surface area contributed by atoms with E-state index in [4.69, 9.17) is 4.74 Å². The fourth-order valence-electron chi connectivity index (χ4n) is 6.28. The van der Waals surface area contributed by atoms with E-state index in [9.17, 15) is 0 Å². The minimum Gasteiger partial charge on any atom is -0.496 e. The molecule has 1 aromatic carbocycles. The van der Waals surface area contributed by atoms with Crippen LogP contribution < -0.4 is 4.74 Å². The van der Waals surface area contributed by atoms with Gasteiger partial charge in [0.1, 0.15) is 5.75 Å². The Morgan fingerprint density at radius 2 is 2.04 bits per heavy atom. The first-order valence-electron chi connectivity index (χ1n) is 9.61. The highest BCUT2D eigenvalue weighted by Gasteiger charge is 2.52. The summed E-state index contributed by atoms with van der Waals surface area (Å²) in [5.41, 5.74) is 6.46. The SMILES string of the molecule is C=Cc1cc2c(cc1OC)C1CC[C@]3(C)/C(=C\C)CCC3C1CC2. The van der Waals surface area contributed by atoms with Crippen LogP contribution in [0.2, 0.25) is 0 Å². The van der Waals surface area contributed by atoms with Crippen LogP contribution in [0.3, 0.4) is 0 Å². The number of benzene rings is 1. The van der Waals surface area contributed by atoms with Gasteiger partial charge in [-0.3, -0.25) is 0 Å². The lowest BCUT2D eigenvalue weighted by Gasteiger charge is -2.49. The molecule has 0 radical (unpaired) electrons. The van der Waals surface area contributed by atoms with Gasteiger partial charge in [0.2, 0.25) is 0 Å². The summed E-state index contributed by atoms with van der Waals surface area (Å²) in [6.07, 6.45) is 12.3. The Hall–Kier alpha value is -1.50. The summed E-state index contributed by atoms with van der Waals surface area (Å²) >= 11 is 0. The second kappa shape index (κ2) is 5.79. The van der Waals surface area contributed by atoms with E-state index in [1.54, 1.807) is 23.8 Å². The van der Waals surface area contributed by atoms with E-state index in [0.29, 0.717) is 5.41 Å². The molecule has 0 saturated heterocycles. The number of rotatable bonds is 2. The maximum atomic E-state index is 5.64. The molecule has 128 valence electrons. The minimum atomic E-state index is 0.471. The zero-order valence-corrected chi connectivity index (χ0v) is 15.4. The molecule has 2 fully saturated rings. The van der Waals surface area contributed by atoms with E-state index >= 15 is 0 Å². The molecule has 24 heavy (non-hydrogen) atoms. The van der Waals surface area contributed by atoms with Gasteiger partial charge in [0, 0.05) is 5.56 Å². The third kappa shape index (κ3) is 2.13. The molecular weight excluding hydrogens is 292 g/mol. The van der Waals surface area contributed by atoms with Crippen molar-refractivity contribution in [2.75, 3.05) is 7.11 Å². The van der Waals surface area contributed by atoms with Crippen molar-refractivity contribution in [1.82, 2.24) is 0 Å². The summed E-state index contributed by atoms with van der Waals surface area (Å²) in [6.45, 7) is 8.75. The van der Waals surface area contributed by atoms with E-state index in [-0.39, 0.29) is 0 Å². The fourth-order valence-corrected chi connectivity index (χ4v) is 6.28. The van der Waals surface area contributed by atoms with Gasteiger partial charge >= 0.3 is 0 Å². The van der Waals surface area contributed by atoms with E-state index in [1.807, 2.05) is 6.08 Å². The summed E-state index contributed by atoms with van der Waals surface area (Å²) in [4.78, 5) is 0. The molecule has 0 N–H and O–H groups in total. The van der Waals surface area contributed by atoms with Gasteiger partial charge in [-0.15, -0.1) is 0 Å². The largest absolute Gasteiger partial charge is 0.496 e. The van der Waals surface area contributed by atoms with Crippen LogP contribution >= 0.6 is 0 Å². The maximum Gasteiger partial charge on any atom is 0.126 e. The zero-order chi connectivity index (χ0) is 16.9. The average molecular weight is 322 g/mol. The predicted octanol–water partition coefficient (Wildman–Crippen LogP) is 6.14. The molecule has 3 aliphatic rings. The third-order valence-electron chi connectivity index (χ3n) is 7.49. The van der Waals surface area contributed by atoms with Gasteiger partial charge in [0.05, 0.1) is 7.11 Å². The molecule has 0 spiro atoms. The van der Waals surface area contributed by atoms with Gasteiger partial charge in [-0.05, 0) is 91.9 Å². The Morgan fingerprint density at radius 3 is 2.75 bits per heavy atom. The van der Waals surface area contributed by atoms with E-state index in [0.717, 1.165) is 29.1 Å². The Kier molecular flexibility index (Phi) is 3.86. The highest BCUT2D eigenvalue weighted by molar-refractivity contribution is 5.60. The molecule has 2 saturated carbocycles. The number of allylic oxidation sites excluding steroid dienone is 2. The summed E-state index contributed by atoms with van der Waals surface area (Å²) in [5, 5.41) is 0. The molecule has 3 aliphatic carbocycles. The second-order valence-electron chi connectivity index (χ2n) is 8.22. The molecule has 4 atom stereocenters. The minimum absolute atomic E-state index is 0.471. The molecule has 3 unspecified atom stereocenters. The van der Waals surface area contributed by atoms with Gasteiger partial charge in [-0.1, -0.05) is 31.2 Å². The zero-order valence-electron chi connectivity index (χ0n) is 15.4. The number of methoxy groups -OCH3 is 1. The van der Waals surface area contributed by atoms with Crippen LogP contribution in [0.15, 0.2) is 30.4 Å². The molecule has 0 bridgehead atoms. The topological polar surface area (TPSA) is 9.23 Å². The summed E-state index contributed by atoms with van der Waals surface area (Å²) in [5.74, 6) is 3.46. The quantitative estimate of drug-likeness (QED) is 0.594. The molecule has 0 aromatic heterocycles. The van der Waals surface area contributed by atoms with Gasteiger partial charge in [-0.25, -0.2) is 0 Å². The number of fused-ring (bicyclic) bond motifs is 5. The summed E-state index contributed by atoms with van der Waals surface area (Å²) in [7, 11) is 1.78. The first-order valence-corrected chi connectivity index (χ1v) is 9.61. The second-order valence-corrected chi connectivity index (χ2v) is 8.22. The molecule has 1 heteroatoms. The van der Waals surface area contributed by atoms with E-state index in [1.165, 1.54) is 38.5 Å². The molecule has 0 aliphatic heterocycles. The van der Waals surface area contributed by atoms with E-state index < -0.39 is 0 Å². The lowest BCUT2D eigenvalue weighted by Crippen LogP contribution is -2.40. The number of hydrogen-bond donors (Lipinski definition) is 0. The first kappa shape index (κ1) is 16.0. The van der Waals surface area contributed by atoms with Crippen LogP contribution in [0.1, 0.15) is 68.6 Å². The van der Waals surface area contributed by atoms with Crippen molar-refractivity contribution in [1.29, 1.82) is 0 Å². The molecule has 4 rings (SSSR count). The maximum absolute atomic E-state index is 5.64. The standard InChI is InChI=1S/C23H30O/c1-5-15-13-16-7-9-19-18(20(16)14-22(15)24-4)11-12-23(3)17(6-2)8-10-21(19)23/h5-6,13-14,18-19,21H,1,7-12H2,2-4H3/b17-6-/t18?,19?,21?,23-/m1/s1. The first-order chi connectivity index (χ1) is 11.6. The third-order valence-corrected chi connectivity index (χ3v) is 7.49. The molecule has 0 amide bonds. The van der Waals surface area contributed by atoms with Gasteiger partial charge in [0.15, 0.2) is 0 Å². The predicted molar refractivity (Wildman–Crippen MR) is 101 cm³/mol. The highest BCUT2D eigenvalue weighted by Crippen LogP contribution is 2.62. The lowest BCUT2D eigenvalue weighted by molar-refractivity contribution is 0.0812. The van der Waals surface area contributed by atoms with Gasteiger partial charge in [0.25, 0.3) is 0 Å². The normalized spacial score (nSPS) is 36.0. The molecular formula is C23H30O. The van der Waals surface area contributed by atoms with Crippen LogP contribution in [0.4, 0.5) is 0 Å². The van der Waals surface area contributed by atoms with Crippen molar-refractivity contribution < 1.29 is 4.74 Å². The van der Waals surface area contributed by atoms with Gasteiger partial charge in [-0.2, -0.15) is 0 Å². The van der Waals surface area contributed by atoms with Crippen molar-refractivity contribution in [3.05, 3.63) is 47.1 Å². The molecule has 1 aromatic rings. The van der Waals surface area contributed by atoms with Crippen molar-refractivity contribution in [2.45, 2.75) is 58.3 Å². The van der Waals surface area contributed by atoms with Crippen molar-refractivity contribution in [3.63, 3.8) is 0 Å². The summed E-state index contributed by atoms with van der Waals surface area (Å²) < 4.78 is 5.64. The molecule has 1 nitrogen and oxygen atoms in total. The Labute approximate surface area is 146 Å². The smallest absolute Gasteiger partial charge is 0.126 e. The van der Waals surface area contributed by atoms with Crippen LogP contribution in [-0.4, -0.2) is 7.11 Å². The highest BCUT2D eigenvalue weighted by atomic mass is 16.5.